The SMILES string of the molecule is C/C(=N/NC(=O)C(=O)NCc1ccco1)c1cccc(OC(F)F)c1. The number of ether oxygens (including phenoxy) is 1. The van der Waals surface area contributed by atoms with Gasteiger partial charge < -0.3 is 14.5 Å². The van der Waals surface area contributed by atoms with Gasteiger partial charge in [0.05, 0.1) is 18.5 Å². The van der Waals surface area contributed by atoms with Gasteiger partial charge in [0.2, 0.25) is 0 Å². The number of amides is 2. The molecule has 0 atom stereocenters. The lowest BCUT2D eigenvalue weighted by atomic mass is 10.1. The number of hydrogen-bond acceptors (Lipinski definition) is 5. The zero-order chi connectivity index (χ0) is 18.2. The molecule has 2 amide bonds. The van der Waals surface area contributed by atoms with E-state index in [0.29, 0.717) is 17.0 Å². The highest BCUT2D eigenvalue weighted by Crippen LogP contribution is 2.16. The third-order valence-electron chi connectivity index (χ3n) is 3.01. The minimum Gasteiger partial charge on any atom is -0.467 e. The third kappa shape index (κ3) is 5.72. The van der Waals surface area contributed by atoms with E-state index in [0.717, 1.165) is 0 Å². The highest BCUT2D eigenvalue weighted by molar-refractivity contribution is 6.35. The van der Waals surface area contributed by atoms with Gasteiger partial charge in [-0.15, -0.1) is 0 Å². The second-order valence-electron chi connectivity index (χ2n) is 4.81. The molecular formula is C16H15F2N3O4. The molecule has 0 unspecified atom stereocenters. The minimum absolute atomic E-state index is 0.0374. The third-order valence-corrected chi connectivity index (χ3v) is 3.01. The molecule has 7 nitrogen and oxygen atoms in total. The smallest absolute Gasteiger partial charge is 0.387 e. The van der Waals surface area contributed by atoms with Gasteiger partial charge >= 0.3 is 18.4 Å². The molecule has 0 radical (unpaired) electrons. The normalized spacial score (nSPS) is 11.3. The second kappa shape index (κ2) is 8.57. The molecular weight excluding hydrogens is 336 g/mol. The average molecular weight is 351 g/mol. The Bertz CT molecular complexity index is 761. The number of hydrogen-bond donors (Lipinski definition) is 2. The van der Waals surface area contributed by atoms with E-state index in [9.17, 15) is 18.4 Å². The average Bonchev–Trinajstić information content (AvgIpc) is 3.10. The first-order valence-electron chi connectivity index (χ1n) is 7.16. The number of benzene rings is 1. The van der Waals surface area contributed by atoms with Gasteiger partial charge in [0, 0.05) is 5.56 Å². The molecule has 0 aliphatic rings. The molecule has 2 rings (SSSR count). The van der Waals surface area contributed by atoms with Crippen molar-refractivity contribution in [1.29, 1.82) is 0 Å². The molecule has 0 saturated carbocycles. The fourth-order valence-electron chi connectivity index (χ4n) is 1.81. The van der Waals surface area contributed by atoms with Crippen molar-refractivity contribution in [3.05, 3.63) is 54.0 Å². The van der Waals surface area contributed by atoms with Crippen molar-refractivity contribution in [3.8, 4) is 5.75 Å². The van der Waals surface area contributed by atoms with Crippen LogP contribution in [0.2, 0.25) is 0 Å². The first kappa shape index (κ1) is 18.1. The van der Waals surface area contributed by atoms with Crippen molar-refractivity contribution in [2.24, 2.45) is 5.10 Å². The van der Waals surface area contributed by atoms with Crippen molar-refractivity contribution < 1.29 is 27.5 Å². The van der Waals surface area contributed by atoms with Gasteiger partial charge in [-0.2, -0.15) is 13.9 Å². The molecule has 0 bridgehead atoms. The maximum Gasteiger partial charge on any atom is 0.387 e. The van der Waals surface area contributed by atoms with Crippen LogP contribution >= 0.6 is 0 Å². The van der Waals surface area contributed by atoms with Crippen LogP contribution < -0.4 is 15.5 Å². The summed E-state index contributed by atoms with van der Waals surface area (Å²) in [6, 6.07) is 9.11. The molecule has 132 valence electrons. The molecule has 0 fully saturated rings. The summed E-state index contributed by atoms with van der Waals surface area (Å²) in [4.78, 5) is 23.3. The maximum absolute atomic E-state index is 12.2. The van der Waals surface area contributed by atoms with Crippen molar-refractivity contribution in [3.63, 3.8) is 0 Å². The van der Waals surface area contributed by atoms with Crippen LogP contribution in [-0.2, 0) is 16.1 Å². The van der Waals surface area contributed by atoms with E-state index < -0.39 is 18.4 Å². The Morgan fingerprint density at radius 1 is 1.24 bits per heavy atom. The van der Waals surface area contributed by atoms with Crippen molar-refractivity contribution in [1.82, 2.24) is 10.7 Å². The summed E-state index contributed by atoms with van der Waals surface area (Å²) in [5, 5.41) is 6.13. The molecule has 2 N–H and O–H groups in total. The van der Waals surface area contributed by atoms with Crippen LogP contribution in [-0.4, -0.2) is 24.1 Å². The highest BCUT2D eigenvalue weighted by atomic mass is 19.3. The Morgan fingerprint density at radius 3 is 2.72 bits per heavy atom. The number of halogens is 2. The summed E-state index contributed by atoms with van der Waals surface area (Å²) in [7, 11) is 0. The van der Waals surface area contributed by atoms with Crippen LogP contribution in [0.5, 0.6) is 5.75 Å². The number of furan rings is 1. The van der Waals surface area contributed by atoms with Crippen LogP contribution in [0.25, 0.3) is 0 Å². The fraction of sp³-hybridized carbons (Fsp3) is 0.188. The molecule has 1 heterocycles. The number of hydrazone groups is 1. The lowest BCUT2D eigenvalue weighted by Crippen LogP contribution is -2.37. The number of carbonyl (C=O) groups excluding carboxylic acids is 2. The van der Waals surface area contributed by atoms with E-state index in [4.69, 9.17) is 4.42 Å². The molecule has 1 aromatic carbocycles. The molecule has 0 aliphatic carbocycles. The molecule has 9 heteroatoms. The predicted octanol–water partition coefficient (Wildman–Crippen LogP) is 2.04. The van der Waals surface area contributed by atoms with E-state index in [1.165, 1.54) is 24.5 Å². The van der Waals surface area contributed by atoms with Gasteiger partial charge in [-0.05, 0) is 31.2 Å². The first-order chi connectivity index (χ1) is 12.0. The lowest BCUT2D eigenvalue weighted by Gasteiger charge is -2.07. The number of carbonyl (C=O) groups is 2. The summed E-state index contributed by atoms with van der Waals surface area (Å²) in [5.41, 5.74) is 2.85. The van der Waals surface area contributed by atoms with Crippen LogP contribution in [0.3, 0.4) is 0 Å². The highest BCUT2D eigenvalue weighted by Gasteiger charge is 2.13. The fourth-order valence-corrected chi connectivity index (χ4v) is 1.81. The van der Waals surface area contributed by atoms with Crippen LogP contribution in [0.1, 0.15) is 18.2 Å². The Kier molecular flexibility index (Phi) is 6.21. The Balaban J connectivity index is 1.91. The van der Waals surface area contributed by atoms with E-state index in [1.54, 1.807) is 25.1 Å². The van der Waals surface area contributed by atoms with Gasteiger partial charge in [-0.3, -0.25) is 9.59 Å². The Labute approximate surface area is 141 Å². The van der Waals surface area contributed by atoms with Gasteiger partial charge in [0.15, 0.2) is 0 Å². The maximum atomic E-state index is 12.2. The Morgan fingerprint density at radius 2 is 2.04 bits per heavy atom. The van der Waals surface area contributed by atoms with Crippen molar-refractivity contribution in [2.45, 2.75) is 20.1 Å². The van der Waals surface area contributed by atoms with E-state index in [1.807, 2.05) is 0 Å². The van der Waals surface area contributed by atoms with E-state index >= 15 is 0 Å². The number of rotatable bonds is 6. The summed E-state index contributed by atoms with van der Waals surface area (Å²) in [5.74, 6) is -1.39. The predicted molar refractivity (Wildman–Crippen MR) is 84.0 cm³/mol. The van der Waals surface area contributed by atoms with Gasteiger partial charge in [0.25, 0.3) is 0 Å². The van der Waals surface area contributed by atoms with Crippen molar-refractivity contribution >= 4 is 17.5 Å². The second-order valence-corrected chi connectivity index (χ2v) is 4.81. The minimum atomic E-state index is -2.94. The summed E-state index contributed by atoms with van der Waals surface area (Å²) >= 11 is 0. The van der Waals surface area contributed by atoms with E-state index in [-0.39, 0.29) is 12.3 Å². The zero-order valence-corrected chi connectivity index (χ0v) is 13.2. The number of nitrogens with zero attached hydrogens (tertiary/aromatic N) is 1. The monoisotopic (exact) mass is 351 g/mol. The summed E-state index contributed by atoms with van der Waals surface area (Å²) in [6.07, 6.45) is 1.45. The topological polar surface area (TPSA) is 92.9 Å². The van der Waals surface area contributed by atoms with Crippen LogP contribution in [0, 0.1) is 0 Å². The van der Waals surface area contributed by atoms with Gasteiger partial charge in [-0.1, -0.05) is 12.1 Å². The Hall–Kier alpha value is -3.23. The molecule has 2 aromatic rings. The molecule has 1 aromatic heterocycles. The van der Waals surface area contributed by atoms with Crippen molar-refractivity contribution in [2.75, 3.05) is 0 Å². The van der Waals surface area contributed by atoms with Gasteiger partial charge in [-0.25, -0.2) is 5.43 Å². The summed E-state index contributed by atoms with van der Waals surface area (Å²) in [6.45, 7) is -1.33. The molecule has 25 heavy (non-hydrogen) atoms. The largest absolute Gasteiger partial charge is 0.467 e. The lowest BCUT2D eigenvalue weighted by molar-refractivity contribution is -0.139. The van der Waals surface area contributed by atoms with Crippen LogP contribution in [0.4, 0.5) is 8.78 Å². The first-order valence-corrected chi connectivity index (χ1v) is 7.16. The zero-order valence-electron chi connectivity index (χ0n) is 13.2. The molecule has 0 saturated heterocycles. The number of nitrogens with one attached hydrogen (secondary N) is 2. The molecule has 0 aliphatic heterocycles. The quantitative estimate of drug-likeness (QED) is 0.473. The molecule has 0 spiro atoms. The summed E-state index contributed by atoms with van der Waals surface area (Å²) < 4.78 is 33.7. The standard InChI is InChI=1S/C16H15F2N3O4/c1-10(11-4-2-5-12(8-11)25-16(17)18)20-21-15(23)14(22)19-9-13-6-3-7-24-13/h2-8,16H,9H2,1H3,(H,19,22)(H,21,23)/b20-10-. The van der Waals surface area contributed by atoms with Crippen LogP contribution in [0.15, 0.2) is 52.2 Å². The van der Waals surface area contributed by atoms with E-state index in [2.05, 4.69) is 20.6 Å². The number of alkyl halides is 2. The van der Waals surface area contributed by atoms with Gasteiger partial charge in [0.1, 0.15) is 11.5 Å².